The number of methoxy groups -OCH3 is 3. The maximum atomic E-state index is 5.49. The third-order valence-electron chi connectivity index (χ3n) is 4.28. The summed E-state index contributed by atoms with van der Waals surface area (Å²) in [6.45, 7) is 5.09. The molecule has 0 aromatic heterocycles. The van der Waals surface area contributed by atoms with Crippen molar-refractivity contribution in [2.24, 2.45) is 4.99 Å². The Morgan fingerprint density at radius 1 is 0.964 bits per heavy atom. The molecule has 0 bridgehead atoms. The lowest BCUT2D eigenvalue weighted by atomic mass is 10.1. The molecular formula is C22H29N3O3. The molecule has 0 aliphatic rings. The van der Waals surface area contributed by atoms with E-state index in [4.69, 9.17) is 14.2 Å². The van der Waals surface area contributed by atoms with Crippen LogP contribution in [0, 0.1) is 0 Å². The number of hydrogen-bond donors (Lipinski definition) is 2. The smallest absolute Gasteiger partial charge is 0.191 e. The lowest BCUT2D eigenvalue weighted by Crippen LogP contribution is -2.36. The second kappa shape index (κ2) is 10.9. The summed E-state index contributed by atoms with van der Waals surface area (Å²) in [5.41, 5.74) is 3.25. The van der Waals surface area contributed by atoms with E-state index in [1.54, 1.807) is 28.4 Å². The number of hydrogen-bond acceptors (Lipinski definition) is 4. The van der Waals surface area contributed by atoms with E-state index in [0.29, 0.717) is 25.3 Å². The van der Waals surface area contributed by atoms with Gasteiger partial charge in [-0.15, -0.1) is 6.58 Å². The minimum atomic E-state index is 0.604. The maximum Gasteiger partial charge on any atom is 0.191 e. The van der Waals surface area contributed by atoms with Crippen molar-refractivity contribution in [1.82, 2.24) is 10.6 Å². The predicted molar refractivity (Wildman–Crippen MR) is 113 cm³/mol. The van der Waals surface area contributed by atoms with E-state index in [1.807, 2.05) is 36.4 Å². The van der Waals surface area contributed by atoms with Crippen molar-refractivity contribution in [3.63, 3.8) is 0 Å². The molecule has 0 saturated carbocycles. The second-order valence-electron chi connectivity index (χ2n) is 6.11. The minimum Gasteiger partial charge on any atom is -0.497 e. The zero-order chi connectivity index (χ0) is 20.4. The average molecular weight is 383 g/mol. The SMILES string of the molecule is C=CCc1cc(CNC(=NC)NCc2ccc(OC)cc2)cc(OC)c1OC. The van der Waals surface area contributed by atoms with Crippen LogP contribution in [0.2, 0.25) is 0 Å². The quantitative estimate of drug-likeness (QED) is 0.395. The van der Waals surface area contributed by atoms with Crippen LogP contribution in [0.3, 0.4) is 0 Å². The fourth-order valence-corrected chi connectivity index (χ4v) is 2.85. The van der Waals surface area contributed by atoms with Crippen LogP contribution in [-0.4, -0.2) is 34.3 Å². The van der Waals surface area contributed by atoms with E-state index < -0.39 is 0 Å². The number of benzene rings is 2. The summed E-state index contributed by atoms with van der Waals surface area (Å²) < 4.78 is 16.1. The van der Waals surface area contributed by atoms with Gasteiger partial charge in [0.15, 0.2) is 17.5 Å². The van der Waals surface area contributed by atoms with Crippen molar-refractivity contribution in [3.8, 4) is 17.2 Å². The Kier molecular flexibility index (Phi) is 8.21. The topological polar surface area (TPSA) is 64.1 Å². The number of aliphatic imine (C=N–C) groups is 1. The van der Waals surface area contributed by atoms with Gasteiger partial charge in [0.05, 0.1) is 21.3 Å². The van der Waals surface area contributed by atoms with Crippen molar-refractivity contribution >= 4 is 5.96 Å². The van der Waals surface area contributed by atoms with Gasteiger partial charge in [-0.3, -0.25) is 4.99 Å². The summed E-state index contributed by atoms with van der Waals surface area (Å²) in [5.74, 6) is 3.01. The Bertz CT molecular complexity index is 801. The van der Waals surface area contributed by atoms with Gasteiger partial charge in [0, 0.05) is 25.7 Å². The van der Waals surface area contributed by atoms with E-state index in [-0.39, 0.29) is 0 Å². The molecule has 0 aliphatic carbocycles. The second-order valence-corrected chi connectivity index (χ2v) is 6.11. The largest absolute Gasteiger partial charge is 0.497 e. The standard InChI is InChI=1S/C22H29N3O3/c1-6-7-18-12-17(13-20(27-4)21(18)28-5)15-25-22(23-2)24-14-16-8-10-19(26-3)11-9-16/h6,8-13H,1,7,14-15H2,2-5H3,(H2,23,24,25). The number of nitrogens with zero attached hydrogens (tertiary/aromatic N) is 1. The first-order valence-corrected chi connectivity index (χ1v) is 9.07. The van der Waals surface area contributed by atoms with Gasteiger partial charge in [0.1, 0.15) is 5.75 Å². The molecule has 0 spiro atoms. The average Bonchev–Trinajstić information content (AvgIpc) is 2.74. The van der Waals surface area contributed by atoms with Crippen molar-refractivity contribution < 1.29 is 14.2 Å². The predicted octanol–water partition coefficient (Wildman–Crippen LogP) is 3.31. The van der Waals surface area contributed by atoms with Crippen LogP contribution in [0.25, 0.3) is 0 Å². The number of nitrogens with one attached hydrogen (secondary N) is 2. The summed E-state index contributed by atoms with van der Waals surface area (Å²) in [6.07, 6.45) is 2.56. The lowest BCUT2D eigenvalue weighted by molar-refractivity contribution is 0.352. The van der Waals surface area contributed by atoms with E-state index >= 15 is 0 Å². The highest BCUT2D eigenvalue weighted by molar-refractivity contribution is 5.79. The van der Waals surface area contributed by atoms with Gasteiger partial charge in [0.25, 0.3) is 0 Å². The third-order valence-corrected chi connectivity index (χ3v) is 4.28. The van der Waals surface area contributed by atoms with Crippen molar-refractivity contribution in [2.75, 3.05) is 28.4 Å². The van der Waals surface area contributed by atoms with Gasteiger partial charge in [-0.25, -0.2) is 0 Å². The van der Waals surface area contributed by atoms with Crippen molar-refractivity contribution in [1.29, 1.82) is 0 Å². The number of ether oxygens (including phenoxy) is 3. The molecule has 6 nitrogen and oxygen atoms in total. The van der Waals surface area contributed by atoms with Crippen LogP contribution in [0.1, 0.15) is 16.7 Å². The minimum absolute atomic E-state index is 0.604. The molecule has 6 heteroatoms. The molecular weight excluding hydrogens is 354 g/mol. The van der Waals surface area contributed by atoms with E-state index in [9.17, 15) is 0 Å². The Balaban J connectivity index is 2.01. The molecule has 0 amide bonds. The van der Waals surface area contributed by atoms with Crippen LogP contribution >= 0.6 is 0 Å². The summed E-state index contributed by atoms with van der Waals surface area (Å²) >= 11 is 0. The van der Waals surface area contributed by atoms with E-state index in [2.05, 4.69) is 28.3 Å². The normalized spacial score (nSPS) is 10.9. The Labute approximate surface area is 167 Å². The molecule has 2 N–H and O–H groups in total. The molecule has 0 heterocycles. The maximum absolute atomic E-state index is 5.49. The molecule has 0 radical (unpaired) electrons. The van der Waals surface area contributed by atoms with Gasteiger partial charge in [0.2, 0.25) is 0 Å². The molecule has 2 aromatic carbocycles. The molecule has 2 rings (SSSR count). The Morgan fingerprint density at radius 2 is 1.64 bits per heavy atom. The summed E-state index contributed by atoms with van der Waals surface area (Å²) in [6, 6.07) is 12.0. The Morgan fingerprint density at radius 3 is 2.18 bits per heavy atom. The first-order chi connectivity index (χ1) is 13.6. The summed E-state index contributed by atoms with van der Waals surface area (Å²) in [5, 5.41) is 6.64. The van der Waals surface area contributed by atoms with Crippen LogP contribution in [0.5, 0.6) is 17.2 Å². The summed E-state index contributed by atoms with van der Waals surface area (Å²) in [7, 11) is 6.70. The fraction of sp³-hybridized carbons (Fsp3) is 0.318. The van der Waals surface area contributed by atoms with Crippen molar-refractivity contribution in [2.45, 2.75) is 19.5 Å². The zero-order valence-electron chi connectivity index (χ0n) is 17.0. The van der Waals surface area contributed by atoms with Gasteiger partial charge in [-0.2, -0.15) is 0 Å². The molecule has 0 unspecified atom stereocenters. The van der Waals surface area contributed by atoms with Crippen LogP contribution in [0.4, 0.5) is 0 Å². The zero-order valence-corrected chi connectivity index (χ0v) is 17.0. The van der Waals surface area contributed by atoms with Crippen LogP contribution in [-0.2, 0) is 19.5 Å². The third kappa shape index (κ3) is 5.67. The van der Waals surface area contributed by atoms with Gasteiger partial charge in [-0.05, 0) is 41.8 Å². The van der Waals surface area contributed by atoms with Gasteiger partial charge in [-0.1, -0.05) is 18.2 Å². The molecule has 0 aliphatic heterocycles. The van der Waals surface area contributed by atoms with Crippen LogP contribution in [0.15, 0.2) is 54.0 Å². The molecule has 150 valence electrons. The number of allylic oxidation sites excluding steroid dienone is 1. The Hall–Kier alpha value is -3.15. The highest BCUT2D eigenvalue weighted by Gasteiger charge is 2.12. The molecule has 2 aromatic rings. The van der Waals surface area contributed by atoms with Crippen LogP contribution < -0.4 is 24.8 Å². The first-order valence-electron chi connectivity index (χ1n) is 9.07. The lowest BCUT2D eigenvalue weighted by Gasteiger charge is -2.16. The highest BCUT2D eigenvalue weighted by atomic mass is 16.5. The number of rotatable bonds is 9. The fourth-order valence-electron chi connectivity index (χ4n) is 2.85. The van der Waals surface area contributed by atoms with Gasteiger partial charge >= 0.3 is 0 Å². The molecule has 28 heavy (non-hydrogen) atoms. The summed E-state index contributed by atoms with van der Waals surface area (Å²) in [4.78, 5) is 4.28. The van der Waals surface area contributed by atoms with E-state index in [0.717, 1.165) is 34.1 Å². The monoisotopic (exact) mass is 383 g/mol. The first kappa shape index (κ1) is 21.2. The van der Waals surface area contributed by atoms with E-state index in [1.165, 1.54) is 0 Å². The number of guanidine groups is 1. The van der Waals surface area contributed by atoms with Crippen molar-refractivity contribution in [3.05, 3.63) is 65.7 Å². The molecule has 0 saturated heterocycles. The van der Waals surface area contributed by atoms with Gasteiger partial charge < -0.3 is 24.8 Å². The molecule has 0 atom stereocenters. The molecule has 0 fully saturated rings. The highest BCUT2D eigenvalue weighted by Crippen LogP contribution is 2.33.